The average molecular weight is 266 g/mol. The van der Waals surface area contributed by atoms with Crippen molar-refractivity contribution in [2.24, 2.45) is 0 Å². The lowest BCUT2D eigenvalue weighted by Crippen LogP contribution is -2.18. The van der Waals surface area contributed by atoms with Gasteiger partial charge in [0.25, 0.3) is 0 Å². The lowest BCUT2D eigenvalue weighted by atomic mass is 10.1. The van der Waals surface area contributed by atoms with Gasteiger partial charge in [-0.15, -0.1) is 11.8 Å². The minimum atomic E-state index is 1.10. The summed E-state index contributed by atoms with van der Waals surface area (Å²) in [6.07, 6.45) is 12.0. The van der Waals surface area contributed by atoms with Gasteiger partial charge in [-0.05, 0) is 25.1 Å². The van der Waals surface area contributed by atoms with Crippen LogP contribution < -0.4 is 5.32 Å². The Labute approximate surface area is 116 Å². The van der Waals surface area contributed by atoms with Crippen molar-refractivity contribution < 1.29 is 0 Å². The largest absolute Gasteiger partial charge is 0.316 e. The van der Waals surface area contributed by atoms with Crippen LogP contribution in [-0.2, 0) is 0 Å². The SMILES string of the molecule is CCCCCCCCNCCSc1ccncc1. The normalized spacial score (nSPS) is 10.7. The molecule has 18 heavy (non-hydrogen) atoms. The summed E-state index contributed by atoms with van der Waals surface area (Å²) in [6.45, 7) is 4.53. The first-order valence-corrected chi connectivity index (χ1v) is 8.15. The predicted octanol–water partition coefficient (Wildman–Crippen LogP) is 4.12. The molecule has 0 radical (unpaired) electrons. The van der Waals surface area contributed by atoms with Crippen molar-refractivity contribution in [1.29, 1.82) is 0 Å². The van der Waals surface area contributed by atoms with E-state index in [1.807, 2.05) is 24.2 Å². The standard InChI is InChI=1S/C15H26N2S/c1-2-3-4-5-6-7-10-16-13-14-18-15-8-11-17-12-9-15/h8-9,11-12,16H,2-7,10,13-14H2,1H3. The molecule has 102 valence electrons. The van der Waals surface area contributed by atoms with E-state index >= 15 is 0 Å². The van der Waals surface area contributed by atoms with Gasteiger partial charge in [-0.2, -0.15) is 0 Å². The van der Waals surface area contributed by atoms with Crippen LogP contribution >= 0.6 is 11.8 Å². The fourth-order valence-electron chi connectivity index (χ4n) is 1.83. The Hall–Kier alpha value is -0.540. The molecule has 0 fully saturated rings. The molecule has 1 heterocycles. The fourth-order valence-corrected chi connectivity index (χ4v) is 2.63. The molecule has 0 saturated carbocycles. The van der Waals surface area contributed by atoms with Gasteiger partial charge in [-0.25, -0.2) is 0 Å². The first-order valence-electron chi connectivity index (χ1n) is 7.17. The summed E-state index contributed by atoms with van der Waals surface area (Å²) in [4.78, 5) is 5.33. The highest BCUT2D eigenvalue weighted by Gasteiger charge is 1.93. The van der Waals surface area contributed by atoms with Crippen molar-refractivity contribution in [2.75, 3.05) is 18.8 Å². The predicted molar refractivity (Wildman–Crippen MR) is 81.2 cm³/mol. The first-order chi connectivity index (χ1) is 8.93. The third kappa shape index (κ3) is 8.54. The average Bonchev–Trinajstić information content (AvgIpc) is 2.42. The Morgan fingerprint density at radius 1 is 1.00 bits per heavy atom. The van der Waals surface area contributed by atoms with Gasteiger partial charge < -0.3 is 5.32 Å². The van der Waals surface area contributed by atoms with Crippen LogP contribution in [0.1, 0.15) is 45.4 Å². The second-order valence-electron chi connectivity index (χ2n) is 4.55. The van der Waals surface area contributed by atoms with Crippen LogP contribution in [0.3, 0.4) is 0 Å². The van der Waals surface area contributed by atoms with Gasteiger partial charge in [0, 0.05) is 29.6 Å². The van der Waals surface area contributed by atoms with Gasteiger partial charge in [-0.1, -0.05) is 39.0 Å². The van der Waals surface area contributed by atoms with Gasteiger partial charge in [0.1, 0.15) is 0 Å². The number of rotatable bonds is 11. The lowest BCUT2D eigenvalue weighted by molar-refractivity contribution is 0.581. The molecule has 0 spiro atoms. The van der Waals surface area contributed by atoms with Crippen molar-refractivity contribution in [2.45, 2.75) is 50.3 Å². The second kappa shape index (κ2) is 11.5. The van der Waals surface area contributed by atoms with Gasteiger partial charge in [-0.3, -0.25) is 4.98 Å². The third-order valence-electron chi connectivity index (χ3n) is 2.90. The number of aromatic nitrogens is 1. The van der Waals surface area contributed by atoms with Crippen molar-refractivity contribution in [3.8, 4) is 0 Å². The molecule has 1 aromatic heterocycles. The van der Waals surface area contributed by atoms with E-state index in [2.05, 4.69) is 29.4 Å². The van der Waals surface area contributed by atoms with E-state index in [0.29, 0.717) is 0 Å². The van der Waals surface area contributed by atoms with Gasteiger partial charge in [0.05, 0.1) is 0 Å². The van der Waals surface area contributed by atoms with Gasteiger partial charge in [0.15, 0.2) is 0 Å². The van der Waals surface area contributed by atoms with E-state index in [1.54, 1.807) is 0 Å². The molecule has 3 heteroatoms. The molecule has 0 aliphatic rings. The molecule has 0 amide bonds. The number of thioether (sulfide) groups is 1. The molecule has 0 atom stereocenters. The summed E-state index contributed by atoms with van der Waals surface area (Å²) < 4.78 is 0. The number of pyridine rings is 1. The number of hydrogen-bond acceptors (Lipinski definition) is 3. The molecule has 2 nitrogen and oxygen atoms in total. The van der Waals surface area contributed by atoms with Crippen LogP contribution in [0.25, 0.3) is 0 Å². The highest BCUT2D eigenvalue weighted by atomic mass is 32.2. The number of nitrogens with zero attached hydrogens (tertiary/aromatic N) is 1. The fraction of sp³-hybridized carbons (Fsp3) is 0.667. The van der Waals surface area contributed by atoms with Crippen LogP contribution in [0.5, 0.6) is 0 Å². The molecular formula is C15H26N2S. The molecule has 0 unspecified atom stereocenters. The molecule has 1 aromatic rings. The van der Waals surface area contributed by atoms with E-state index in [9.17, 15) is 0 Å². The third-order valence-corrected chi connectivity index (χ3v) is 3.92. The van der Waals surface area contributed by atoms with Crippen molar-refractivity contribution >= 4 is 11.8 Å². The zero-order valence-electron chi connectivity index (χ0n) is 11.5. The summed E-state index contributed by atoms with van der Waals surface area (Å²) in [5, 5.41) is 3.51. The Morgan fingerprint density at radius 3 is 2.50 bits per heavy atom. The summed E-state index contributed by atoms with van der Waals surface area (Å²) in [6, 6.07) is 4.14. The molecule has 0 bridgehead atoms. The molecule has 0 saturated heterocycles. The highest BCUT2D eigenvalue weighted by Crippen LogP contribution is 2.14. The summed E-state index contributed by atoms with van der Waals surface area (Å²) in [7, 11) is 0. The molecule has 0 aliphatic heterocycles. The van der Waals surface area contributed by atoms with E-state index in [1.165, 1.54) is 50.0 Å². The quantitative estimate of drug-likeness (QED) is 0.481. The molecule has 0 aromatic carbocycles. The maximum absolute atomic E-state index is 4.02. The van der Waals surface area contributed by atoms with Crippen LogP contribution in [0.15, 0.2) is 29.4 Å². The minimum absolute atomic E-state index is 1.10. The minimum Gasteiger partial charge on any atom is -0.316 e. The van der Waals surface area contributed by atoms with Crippen LogP contribution in [0, 0.1) is 0 Å². The van der Waals surface area contributed by atoms with E-state index < -0.39 is 0 Å². The Morgan fingerprint density at radius 2 is 1.72 bits per heavy atom. The Bertz CT molecular complexity index is 277. The molecule has 0 aliphatic carbocycles. The van der Waals surface area contributed by atoms with Crippen LogP contribution in [0.4, 0.5) is 0 Å². The molecule has 1 rings (SSSR count). The van der Waals surface area contributed by atoms with Gasteiger partial charge in [0.2, 0.25) is 0 Å². The van der Waals surface area contributed by atoms with E-state index in [4.69, 9.17) is 0 Å². The number of nitrogens with one attached hydrogen (secondary N) is 1. The Kier molecular flexibility index (Phi) is 9.95. The monoisotopic (exact) mass is 266 g/mol. The van der Waals surface area contributed by atoms with E-state index in [-0.39, 0.29) is 0 Å². The Balaban J connectivity index is 1.82. The molecular weight excluding hydrogens is 240 g/mol. The topological polar surface area (TPSA) is 24.9 Å². The van der Waals surface area contributed by atoms with Crippen molar-refractivity contribution in [1.82, 2.24) is 10.3 Å². The van der Waals surface area contributed by atoms with E-state index in [0.717, 1.165) is 12.3 Å². The first kappa shape index (κ1) is 15.5. The van der Waals surface area contributed by atoms with Crippen molar-refractivity contribution in [3.05, 3.63) is 24.5 Å². The lowest BCUT2D eigenvalue weighted by Gasteiger charge is -2.04. The van der Waals surface area contributed by atoms with Crippen LogP contribution in [0.2, 0.25) is 0 Å². The summed E-state index contributed by atoms with van der Waals surface area (Å²) in [5.41, 5.74) is 0. The van der Waals surface area contributed by atoms with Gasteiger partial charge >= 0.3 is 0 Å². The maximum atomic E-state index is 4.02. The van der Waals surface area contributed by atoms with Crippen LogP contribution in [-0.4, -0.2) is 23.8 Å². The number of unbranched alkanes of at least 4 members (excludes halogenated alkanes) is 5. The summed E-state index contributed by atoms with van der Waals surface area (Å²) in [5.74, 6) is 1.14. The zero-order chi connectivity index (χ0) is 12.9. The zero-order valence-corrected chi connectivity index (χ0v) is 12.3. The number of hydrogen-bond donors (Lipinski definition) is 1. The second-order valence-corrected chi connectivity index (χ2v) is 5.72. The smallest absolute Gasteiger partial charge is 0.0278 e. The molecule has 1 N–H and O–H groups in total. The maximum Gasteiger partial charge on any atom is 0.0278 e. The van der Waals surface area contributed by atoms with Crippen molar-refractivity contribution in [3.63, 3.8) is 0 Å². The highest BCUT2D eigenvalue weighted by molar-refractivity contribution is 7.99. The summed E-state index contributed by atoms with van der Waals surface area (Å²) >= 11 is 1.89.